The molecule has 0 bridgehead atoms. The van der Waals surface area contributed by atoms with E-state index < -0.39 is 6.10 Å². The first-order chi connectivity index (χ1) is 18.6. The van der Waals surface area contributed by atoms with Crippen LogP contribution in [0.5, 0.6) is 5.75 Å². The van der Waals surface area contributed by atoms with Crippen molar-refractivity contribution in [2.24, 2.45) is 5.92 Å². The molecule has 8 nitrogen and oxygen atoms in total. The van der Waals surface area contributed by atoms with Crippen LogP contribution in [0.15, 0.2) is 42.5 Å². The molecule has 38 heavy (non-hydrogen) atoms. The van der Waals surface area contributed by atoms with E-state index in [-0.39, 0.29) is 12.0 Å². The number of benzene rings is 2. The summed E-state index contributed by atoms with van der Waals surface area (Å²) in [5.41, 5.74) is 4.41. The lowest BCUT2D eigenvalue weighted by Gasteiger charge is -2.36. The number of aliphatic hydroxyl groups is 1. The number of piperidine rings is 1. The monoisotopic (exact) mass is 528 g/mol. The summed E-state index contributed by atoms with van der Waals surface area (Å²) in [7, 11) is 3.45. The smallest absolute Gasteiger partial charge is 0.142 e. The first-order valence-electron chi connectivity index (χ1n) is 13.7. The summed E-state index contributed by atoms with van der Waals surface area (Å²) in [6, 6.07) is 14.7. The number of β-amino-alcohol motifs (C(OH)–C–C–N with tert-alkyl or cyclic N) is 1. The maximum absolute atomic E-state index is 10.9. The third-order valence-electron chi connectivity index (χ3n) is 7.22. The molecule has 0 aliphatic carbocycles. The lowest BCUT2D eigenvalue weighted by Crippen LogP contribution is -2.49. The minimum absolute atomic E-state index is 0.0977. The first-order valence-corrected chi connectivity index (χ1v) is 13.7. The van der Waals surface area contributed by atoms with Crippen molar-refractivity contribution in [1.82, 2.24) is 5.32 Å². The van der Waals surface area contributed by atoms with Crippen molar-refractivity contribution < 1.29 is 28.8 Å². The highest BCUT2D eigenvalue weighted by Crippen LogP contribution is 2.34. The summed E-state index contributed by atoms with van der Waals surface area (Å²) >= 11 is 0. The zero-order chi connectivity index (χ0) is 26.7. The first kappa shape index (κ1) is 28.8. The predicted octanol–water partition coefficient (Wildman–Crippen LogP) is 3.35. The third kappa shape index (κ3) is 7.91. The molecule has 2 heterocycles. The second-order valence-corrected chi connectivity index (χ2v) is 10.4. The van der Waals surface area contributed by atoms with Gasteiger partial charge in [-0.2, -0.15) is 0 Å². The van der Waals surface area contributed by atoms with Crippen LogP contribution in [0, 0.1) is 5.92 Å². The fraction of sp³-hybridized carbons (Fsp3) is 0.600. The Hall–Kier alpha value is -2.20. The number of rotatable bonds is 14. The maximum Gasteiger partial charge on any atom is 0.142 e. The second-order valence-electron chi connectivity index (χ2n) is 10.4. The zero-order valence-electron chi connectivity index (χ0n) is 23.1. The lowest BCUT2D eigenvalue weighted by molar-refractivity contribution is -0.0328. The van der Waals surface area contributed by atoms with Crippen molar-refractivity contribution in [3.8, 4) is 5.75 Å². The van der Waals surface area contributed by atoms with Gasteiger partial charge in [0.25, 0.3) is 0 Å². The van der Waals surface area contributed by atoms with Crippen LogP contribution in [0.1, 0.15) is 36.0 Å². The van der Waals surface area contributed by atoms with Gasteiger partial charge in [-0.3, -0.25) is 0 Å². The number of fused-ring (bicyclic) bond motifs is 1. The number of nitrogens with one attached hydrogen (secondary N) is 1. The zero-order valence-corrected chi connectivity index (χ0v) is 23.1. The number of nitrogens with zero attached hydrogens (tertiary/aromatic N) is 1. The highest BCUT2D eigenvalue weighted by atomic mass is 16.5. The van der Waals surface area contributed by atoms with Gasteiger partial charge in [-0.25, -0.2) is 0 Å². The van der Waals surface area contributed by atoms with E-state index in [0.29, 0.717) is 52.0 Å². The van der Waals surface area contributed by atoms with Crippen LogP contribution in [0.25, 0.3) is 0 Å². The van der Waals surface area contributed by atoms with Crippen LogP contribution in [-0.4, -0.2) is 84.1 Å². The normalized spacial score (nSPS) is 22.1. The molecule has 4 atom stereocenters. The summed E-state index contributed by atoms with van der Waals surface area (Å²) in [6.07, 6.45) is 0.321. The van der Waals surface area contributed by atoms with Gasteiger partial charge < -0.3 is 39.0 Å². The number of ether oxygens (including phenoxy) is 5. The SMILES string of the molecule is COCCCN1CCOc2ccc(CO[C@H]3CNC[C@@H](O)[C@@H]3c3ccc(COCC(C)COC)cc3)cc21. The van der Waals surface area contributed by atoms with Crippen LogP contribution >= 0.6 is 0 Å². The summed E-state index contributed by atoms with van der Waals surface area (Å²) in [5.74, 6) is 1.19. The fourth-order valence-corrected chi connectivity index (χ4v) is 5.26. The van der Waals surface area contributed by atoms with E-state index in [0.717, 1.165) is 54.2 Å². The molecular formula is C30H44N2O6. The van der Waals surface area contributed by atoms with Crippen LogP contribution < -0.4 is 15.0 Å². The van der Waals surface area contributed by atoms with E-state index in [1.54, 1.807) is 14.2 Å². The molecule has 0 saturated carbocycles. The van der Waals surface area contributed by atoms with Crippen molar-refractivity contribution in [2.75, 3.05) is 71.7 Å². The molecule has 2 N–H and O–H groups in total. The van der Waals surface area contributed by atoms with E-state index in [1.807, 2.05) is 6.07 Å². The minimum Gasteiger partial charge on any atom is -0.490 e. The van der Waals surface area contributed by atoms with Gasteiger partial charge in [-0.1, -0.05) is 37.3 Å². The molecule has 210 valence electrons. The molecule has 2 aromatic rings. The van der Waals surface area contributed by atoms with Gasteiger partial charge in [0.2, 0.25) is 0 Å². The Morgan fingerprint density at radius 2 is 1.84 bits per heavy atom. The molecule has 1 fully saturated rings. The Kier molecular flexibility index (Phi) is 11.2. The topological polar surface area (TPSA) is 81.7 Å². The number of methoxy groups -OCH3 is 2. The van der Waals surface area contributed by atoms with Crippen LogP contribution in [-0.2, 0) is 32.2 Å². The van der Waals surface area contributed by atoms with E-state index in [4.69, 9.17) is 23.7 Å². The minimum atomic E-state index is -0.515. The maximum atomic E-state index is 10.9. The fourth-order valence-electron chi connectivity index (χ4n) is 5.26. The van der Waals surface area contributed by atoms with Crippen molar-refractivity contribution in [3.05, 3.63) is 59.2 Å². The molecule has 8 heteroatoms. The Morgan fingerprint density at radius 3 is 2.63 bits per heavy atom. The number of anilines is 1. The van der Waals surface area contributed by atoms with E-state index >= 15 is 0 Å². The van der Waals surface area contributed by atoms with Crippen LogP contribution in [0.4, 0.5) is 5.69 Å². The molecule has 0 spiro atoms. The van der Waals surface area contributed by atoms with Gasteiger partial charge in [0.15, 0.2) is 0 Å². The molecule has 2 aliphatic heterocycles. The molecule has 0 radical (unpaired) electrons. The average molecular weight is 529 g/mol. The summed E-state index contributed by atoms with van der Waals surface area (Å²) < 4.78 is 28.6. The van der Waals surface area contributed by atoms with Crippen molar-refractivity contribution in [1.29, 1.82) is 0 Å². The van der Waals surface area contributed by atoms with Crippen molar-refractivity contribution in [3.63, 3.8) is 0 Å². The van der Waals surface area contributed by atoms with Gasteiger partial charge in [0, 0.05) is 52.3 Å². The highest BCUT2D eigenvalue weighted by Gasteiger charge is 2.34. The van der Waals surface area contributed by atoms with E-state index in [9.17, 15) is 5.11 Å². The standard InChI is InChI=1S/C30H44N2O6/c1-22(18-35-3)19-36-20-23-5-8-25(9-6-23)30-27(33)16-31-17-29(30)38-21-24-7-10-28-26(15-24)32(12-14-37-28)11-4-13-34-2/h5-10,15,22,27,29-31,33H,4,11-14,16-21H2,1-3H3/t22?,27-,29+,30+/m1/s1. The summed E-state index contributed by atoms with van der Waals surface area (Å²) in [4.78, 5) is 2.36. The summed E-state index contributed by atoms with van der Waals surface area (Å²) in [6.45, 7) is 9.00. The van der Waals surface area contributed by atoms with E-state index in [2.05, 4.69) is 53.5 Å². The quantitative estimate of drug-likeness (QED) is 0.362. The molecule has 0 aromatic heterocycles. The summed E-state index contributed by atoms with van der Waals surface area (Å²) in [5, 5.41) is 14.2. The predicted molar refractivity (Wildman–Crippen MR) is 148 cm³/mol. The molecular weight excluding hydrogens is 484 g/mol. The van der Waals surface area contributed by atoms with Crippen LogP contribution in [0.3, 0.4) is 0 Å². The van der Waals surface area contributed by atoms with Gasteiger partial charge in [-0.15, -0.1) is 0 Å². The Balaban J connectivity index is 1.37. The van der Waals surface area contributed by atoms with Gasteiger partial charge in [0.05, 0.1) is 50.9 Å². The average Bonchev–Trinajstić information content (AvgIpc) is 2.93. The Bertz CT molecular complexity index is 972. The third-order valence-corrected chi connectivity index (χ3v) is 7.22. The molecule has 0 amide bonds. The van der Waals surface area contributed by atoms with Crippen molar-refractivity contribution in [2.45, 2.75) is 44.7 Å². The van der Waals surface area contributed by atoms with Gasteiger partial charge in [0.1, 0.15) is 12.4 Å². The van der Waals surface area contributed by atoms with Crippen LogP contribution in [0.2, 0.25) is 0 Å². The van der Waals surface area contributed by atoms with Gasteiger partial charge in [-0.05, 0) is 35.2 Å². The number of hydrogen-bond acceptors (Lipinski definition) is 8. The van der Waals surface area contributed by atoms with Crippen molar-refractivity contribution >= 4 is 5.69 Å². The Labute approximate surface area is 227 Å². The highest BCUT2D eigenvalue weighted by molar-refractivity contribution is 5.61. The molecule has 2 aromatic carbocycles. The Morgan fingerprint density at radius 1 is 1.03 bits per heavy atom. The molecule has 1 saturated heterocycles. The largest absolute Gasteiger partial charge is 0.490 e. The van der Waals surface area contributed by atoms with E-state index in [1.165, 1.54) is 0 Å². The molecule has 1 unspecified atom stereocenters. The van der Waals surface area contributed by atoms with Gasteiger partial charge >= 0.3 is 0 Å². The molecule has 4 rings (SSSR count). The molecule has 2 aliphatic rings. The lowest BCUT2D eigenvalue weighted by atomic mass is 9.85. The number of hydrogen-bond donors (Lipinski definition) is 2. The number of aliphatic hydroxyl groups excluding tert-OH is 1. The second kappa shape index (κ2) is 14.8.